The molecule has 0 aliphatic heterocycles. The summed E-state index contributed by atoms with van der Waals surface area (Å²) in [7, 11) is 1.40. The number of amides is 4. The van der Waals surface area contributed by atoms with Crippen molar-refractivity contribution in [3.63, 3.8) is 0 Å². The third-order valence-corrected chi connectivity index (χ3v) is 7.51. The Kier molecular flexibility index (Phi) is 12.6. The quantitative estimate of drug-likeness (QED) is 0.110. The lowest BCUT2D eigenvalue weighted by molar-refractivity contribution is -0.118. The average molecular weight is 745 g/mol. The van der Waals surface area contributed by atoms with Crippen molar-refractivity contribution >= 4 is 35.5 Å². The lowest BCUT2D eigenvalue weighted by Gasteiger charge is -2.35. The van der Waals surface area contributed by atoms with Crippen LogP contribution in [0.4, 0.5) is 25.5 Å². The molecule has 2 aromatic carbocycles. The summed E-state index contributed by atoms with van der Waals surface area (Å²) in [5.74, 6) is -2.19. The molecule has 0 bridgehead atoms. The normalized spacial score (nSPS) is 11.8. The van der Waals surface area contributed by atoms with Crippen molar-refractivity contribution in [1.29, 1.82) is 5.26 Å². The maximum Gasteiger partial charge on any atom is 0.408 e. The van der Waals surface area contributed by atoms with E-state index in [2.05, 4.69) is 27.0 Å². The molecule has 0 saturated heterocycles. The van der Waals surface area contributed by atoms with Gasteiger partial charge in [0, 0.05) is 35.5 Å². The van der Waals surface area contributed by atoms with Gasteiger partial charge >= 0.3 is 12.2 Å². The number of anilines is 2. The van der Waals surface area contributed by atoms with Crippen LogP contribution in [0.15, 0.2) is 71.3 Å². The fourth-order valence-corrected chi connectivity index (χ4v) is 5.10. The number of nitrogens with zero attached hydrogens (tertiary/aromatic N) is 3. The third kappa shape index (κ3) is 10.5. The van der Waals surface area contributed by atoms with Gasteiger partial charge in [0.1, 0.15) is 34.8 Å². The van der Waals surface area contributed by atoms with E-state index in [1.165, 1.54) is 49.8 Å². The molecule has 0 saturated carbocycles. The van der Waals surface area contributed by atoms with Crippen LogP contribution >= 0.6 is 0 Å². The number of halogens is 1. The predicted molar refractivity (Wildman–Crippen MR) is 195 cm³/mol. The van der Waals surface area contributed by atoms with Gasteiger partial charge < -0.3 is 44.6 Å². The molecule has 284 valence electrons. The SMILES string of the molecule is COCOc1cc(F)ccc1-c1cc(-c2cccc(NC(=O)[C@H](CN(C(=O)O)C(C)(C)C)NC(=O)OC(C)(C)C)c2)c(C#N)c(NC(=O)c2ccco2)n1. The molecule has 2 heterocycles. The first kappa shape index (κ1) is 40.3. The molecule has 2 aromatic heterocycles. The number of carbonyl (C=O) groups excluding carboxylic acids is 3. The molecule has 0 unspecified atom stereocenters. The summed E-state index contributed by atoms with van der Waals surface area (Å²) in [4.78, 5) is 57.4. The van der Waals surface area contributed by atoms with Crippen LogP contribution < -0.4 is 20.7 Å². The van der Waals surface area contributed by atoms with Gasteiger partial charge in [-0.15, -0.1) is 0 Å². The van der Waals surface area contributed by atoms with Crippen LogP contribution in [0.1, 0.15) is 57.7 Å². The number of carbonyl (C=O) groups is 4. The van der Waals surface area contributed by atoms with Crippen molar-refractivity contribution in [2.75, 3.05) is 31.1 Å². The van der Waals surface area contributed by atoms with E-state index in [-0.39, 0.29) is 46.6 Å². The van der Waals surface area contributed by atoms with Gasteiger partial charge in [-0.2, -0.15) is 5.26 Å². The Bertz CT molecular complexity index is 2050. The zero-order chi connectivity index (χ0) is 39.8. The number of carboxylic acid groups (broad SMARTS) is 1. The first-order valence-corrected chi connectivity index (χ1v) is 16.5. The van der Waals surface area contributed by atoms with E-state index in [1.54, 1.807) is 59.7 Å². The number of pyridine rings is 1. The minimum Gasteiger partial charge on any atom is -0.467 e. The number of furan rings is 1. The zero-order valence-electron chi connectivity index (χ0n) is 30.8. The Balaban J connectivity index is 1.80. The fourth-order valence-electron chi connectivity index (χ4n) is 5.10. The second kappa shape index (κ2) is 16.9. The van der Waals surface area contributed by atoms with E-state index < -0.39 is 53.5 Å². The summed E-state index contributed by atoms with van der Waals surface area (Å²) >= 11 is 0. The van der Waals surface area contributed by atoms with Gasteiger partial charge in [0.2, 0.25) is 5.91 Å². The number of aromatic nitrogens is 1. The van der Waals surface area contributed by atoms with Gasteiger partial charge in [-0.1, -0.05) is 12.1 Å². The van der Waals surface area contributed by atoms with Crippen molar-refractivity contribution in [2.45, 2.75) is 58.7 Å². The number of nitrogens with one attached hydrogen (secondary N) is 3. The zero-order valence-corrected chi connectivity index (χ0v) is 30.8. The molecule has 4 N–H and O–H groups in total. The molecule has 0 radical (unpaired) electrons. The molecule has 54 heavy (non-hydrogen) atoms. The van der Waals surface area contributed by atoms with Gasteiger partial charge in [0.15, 0.2) is 18.4 Å². The Morgan fingerprint density at radius 2 is 1.74 bits per heavy atom. The highest BCUT2D eigenvalue weighted by atomic mass is 19.1. The lowest BCUT2D eigenvalue weighted by Crippen LogP contribution is -2.56. The summed E-state index contributed by atoms with van der Waals surface area (Å²) < 4.78 is 35.5. The number of ether oxygens (including phenoxy) is 3. The summed E-state index contributed by atoms with van der Waals surface area (Å²) in [5, 5.41) is 28.1. The number of hydrogen-bond donors (Lipinski definition) is 4. The second-order valence-electron chi connectivity index (χ2n) is 13.8. The highest BCUT2D eigenvalue weighted by Gasteiger charge is 2.33. The Morgan fingerprint density at radius 3 is 2.35 bits per heavy atom. The van der Waals surface area contributed by atoms with Crippen LogP contribution in [0.3, 0.4) is 0 Å². The van der Waals surface area contributed by atoms with E-state index in [9.17, 15) is 33.9 Å². The number of alkyl carbamates (subject to hydrolysis) is 1. The third-order valence-electron chi connectivity index (χ3n) is 7.51. The Labute approximate surface area is 311 Å². The van der Waals surface area contributed by atoms with Crippen molar-refractivity contribution in [3.05, 3.63) is 84.1 Å². The first-order valence-electron chi connectivity index (χ1n) is 16.5. The van der Waals surface area contributed by atoms with Gasteiger partial charge in [0.05, 0.1) is 18.5 Å². The number of methoxy groups -OCH3 is 1. The standard InChI is InChI=1S/C38H41FN6O9/c1-37(2,3)45(36(49)50)20-29(43-35(48)54-38(4,5)6)33(46)41-24-11-8-10-22(16-24)26-18-28(25-14-13-23(39)17-31(25)53-21-51-7)42-32(27(26)19-40)44-34(47)30-12-9-15-52-30/h8-18,29H,20-21H2,1-7H3,(H,41,46)(H,43,48)(H,49,50)(H,42,44,47)/t29-/m0/s1. The van der Waals surface area contributed by atoms with E-state index in [4.69, 9.17) is 18.6 Å². The average Bonchev–Trinajstić information content (AvgIpc) is 3.63. The monoisotopic (exact) mass is 744 g/mol. The topological polar surface area (TPSA) is 205 Å². The second-order valence-corrected chi connectivity index (χ2v) is 13.8. The summed E-state index contributed by atoms with van der Waals surface area (Å²) in [6.07, 6.45) is -0.932. The molecule has 1 atom stereocenters. The summed E-state index contributed by atoms with van der Waals surface area (Å²) in [6.45, 7) is 9.23. The van der Waals surface area contributed by atoms with Crippen molar-refractivity contribution in [2.24, 2.45) is 0 Å². The predicted octanol–water partition coefficient (Wildman–Crippen LogP) is 6.86. The van der Waals surface area contributed by atoms with E-state index in [0.717, 1.165) is 11.0 Å². The lowest BCUT2D eigenvalue weighted by atomic mass is 9.97. The summed E-state index contributed by atoms with van der Waals surface area (Å²) in [5.41, 5.74) is -0.582. The van der Waals surface area contributed by atoms with E-state index in [1.807, 2.05) is 0 Å². The molecule has 15 nitrogen and oxygen atoms in total. The summed E-state index contributed by atoms with van der Waals surface area (Å²) in [6, 6.07) is 15.2. The molecule has 0 aliphatic carbocycles. The van der Waals surface area contributed by atoms with Crippen LogP contribution in [0.25, 0.3) is 22.4 Å². The molecule has 4 amide bonds. The number of benzene rings is 2. The van der Waals surface area contributed by atoms with Crippen LogP contribution in [-0.4, -0.2) is 76.6 Å². The van der Waals surface area contributed by atoms with Crippen LogP contribution in [0.5, 0.6) is 5.75 Å². The number of hydrogen-bond acceptors (Lipinski definition) is 10. The van der Waals surface area contributed by atoms with Gasteiger partial charge in [-0.05, 0) is 89.6 Å². The van der Waals surface area contributed by atoms with Crippen molar-refractivity contribution in [1.82, 2.24) is 15.2 Å². The molecule has 4 aromatic rings. The Hall–Kier alpha value is -6.47. The Morgan fingerprint density at radius 1 is 1.00 bits per heavy atom. The van der Waals surface area contributed by atoms with Crippen molar-refractivity contribution < 1.29 is 47.3 Å². The van der Waals surface area contributed by atoms with E-state index >= 15 is 0 Å². The highest BCUT2D eigenvalue weighted by Crippen LogP contribution is 2.37. The van der Waals surface area contributed by atoms with E-state index in [0.29, 0.717) is 11.1 Å². The smallest absolute Gasteiger partial charge is 0.408 e. The van der Waals surface area contributed by atoms with Gasteiger partial charge in [-0.3, -0.25) is 9.59 Å². The molecule has 4 rings (SSSR count). The molecule has 0 aliphatic rings. The number of nitriles is 1. The van der Waals surface area contributed by atoms with Gasteiger partial charge in [-0.25, -0.2) is 19.0 Å². The molecule has 0 spiro atoms. The van der Waals surface area contributed by atoms with Crippen LogP contribution in [0.2, 0.25) is 0 Å². The molecule has 0 fully saturated rings. The largest absolute Gasteiger partial charge is 0.467 e. The van der Waals surface area contributed by atoms with Crippen molar-refractivity contribution in [3.8, 4) is 34.2 Å². The minimum absolute atomic E-state index is 0.0503. The maximum atomic E-state index is 14.3. The van der Waals surface area contributed by atoms with Crippen LogP contribution in [0, 0.1) is 17.1 Å². The van der Waals surface area contributed by atoms with Gasteiger partial charge in [0.25, 0.3) is 5.91 Å². The maximum absolute atomic E-state index is 14.3. The fraction of sp³-hybridized carbons (Fsp3) is 0.316. The minimum atomic E-state index is -1.39. The first-order chi connectivity index (χ1) is 25.4. The van der Waals surface area contributed by atoms with Crippen LogP contribution in [-0.2, 0) is 14.3 Å². The molecule has 16 heteroatoms. The highest BCUT2D eigenvalue weighted by molar-refractivity contribution is 6.03. The molecular weight excluding hydrogens is 703 g/mol. The molecular formula is C38H41FN6O9. The number of rotatable bonds is 12.